The van der Waals surface area contributed by atoms with Gasteiger partial charge in [0.2, 0.25) is 5.91 Å². The Hall–Kier alpha value is -0.910. The van der Waals surface area contributed by atoms with E-state index in [2.05, 4.69) is 15.9 Å². The highest BCUT2D eigenvalue weighted by Crippen LogP contribution is 2.25. The van der Waals surface area contributed by atoms with Gasteiger partial charge in [-0.2, -0.15) is 0 Å². The molecule has 2 atom stereocenters. The number of carbonyl (C=O) groups is 1. The topological polar surface area (TPSA) is 55.6 Å². The van der Waals surface area contributed by atoms with Crippen LogP contribution in [-0.4, -0.2) is 36.5 Å². The van der Waals surface area contributed by atoms with Crippen LogP contribution in [-0.2, 0) is 9.53 Å². The molecule has 4 nitrogen and oxygen atoms in total. The second-order valence-corrected chi connectivity index (χ2v) is 6.19. The number of benzene rings is 1. The minimum absolute atomic E-state index is 0.0412. The van der Waals surface area contributed by atoms with Gasteiger partial charge in [0.1, 0.15) is 6.10 Å². The van der Waals surface area contributed by atoms with Gasteiger partial charge in [-0.25, -0.2) is 0 Å². The molecule has 0 spiro atoms. The highest BCUT2D eigenvalue weighted by Gasteiger charge is 2.25. The Labute approximate surface area is 128 Å². The summed E-state index contributed by atoms with van der Waals surface area (Å²) in [6.45, 7) is 3.80. The number of hydrogen-bond acceptors (Lipinski definition) is 3. The van der Waals surface area contributed by atoms with Gasteiger partial charge < -0.3 is 15.4 Å². The van der Waals surface area contributed by atoms with Gasteiger partial charge in [0.25, 0.3) is 0 Å². The van der Waals surface area contributed by atoms with Crippen LogP contribution in [0.5, 0.6) is 0 Å². The summed E-state index contributed by atoms with van der Waals surface area (Å²) in [7, 11) is 0. The Balaban J connectivity index is 1.96. The lowest BCUT2D eigenvalue weighted by Crippen LogP contribution is -2.42. The summed E-state index contributed by atoms with van der Waals surface area (Å²) >= 11 is 3.46. The number of carbonyl (C=O) groups excluding carboxylic acids is 1. The Kier molecular flexibility index (Phi) is 5.57. The number of amides is 1. The van der Waals surface area contributed by atoms with Crippen LogP contribution in [0.4, 0.5) is 0 Å². The third-order valence-corrected chi connectivity index (χ3v) is 3.95. The van der Waals surface area contributed by atoms with E-state index in [0.29, 0.717) is 26.1 Å². The summed E-state index contributed by atoms with van der Waals surface area (Å²) < 4.78 is 6.81. The number of rotatable bonds is 4. The first-order chi connectivity index (χ1) is 9.56. The molecule has 20 heavy (non-hydrogen) atoms. The Morgan fingerprint density at radius 3 is 3.10 bits per heavy atom. The van der Waals surface area contributed by atoms with Crippen LogP contribution in [0.2, 0.25) is 0 Å². The van der Waals surface area contributed by atoms with Crippen molar-refractivity contribution in [3.8, 4) is 0 Å². The number of nitrogens with zero attached hydrogens (tertiary/aromatic N) is 1. The normalized spacial score (nSPS) is 20.8. The predicted molar refractivity (Wildman–Crippen MR) is 82.3 cm³/mol. The molecule has 5 heteroatoms. The summed E-state index contributed by atoms with van der Waals surface area (Å²) in [5.41, 5.74) is 6.81. The van der Waals surface area contributed by atoms with E-state index < -0.39 is 0 Å². The summed E-state index contributed by atoms with van der Waals surface area (Å²) in [4.78, 5) is 14.0. The van der Waals surface area contributed by atoms with Crippen molar-refractivity contribution in [2.24, 2.45) is 5.73 Å². The molecule has 1 aromatic carbocycles. The average Bonchev–Trinajstić information content (AvgIpc) is 2.45. The first-order valence-corrected chi connectivity index (χ1v) is 7.76. The average molecular weight is 341 g/mol. The van der Waals surface area contributed by atoms with E-state index in [1.54, 1.807) is 0 Å². The first kappa shape index (κ1) is 15.5. The van der Waals surface area contributed by atoms with Crippen molar-refractivity contribution in [2.75, 3.05) is 19.7 Å². The van der Waals surface area contributed by atoms with E-state index in [0.717, 1.165) is 16.5 Å². The maximum atomic E-state index is 12.2. The van der Waals surface area contributed by atoms with Gasteiger partial charge in [-0.05, 0) is 31.0 Å². The maximum absolute atomic E-state index is 12.2. The molecule has 1 fully saturated rings. The van der Waals surface area contributed by atoms with E-state index in [-0.39, 0.29) is 18.1 Å². The summed E-state index contributed by atoms with van der Waals surface area (Å²) in [6.07, 6.45) is 1.21. The fraction of sp³-hybridized carbons (Fsp3) is 0.533. The van der Waals surface area contributed by atoms with E-state index in [4.69, 9.17) is 10.5 Å². The molecule has 1 aliphatic heterocycles. The van der Waals surface area contributed by atoms with E-state index in [1.165, 1.54) is 0 Å². The van der Waals surface area contributed by atoms with Gasteiger partial charge in [-0.3, -0.25) is 4.79 Å². The van der Waals surface area contributed by atoms with Crippen LogP contribution in [0, 0.1) is 0 Å². The highest BCUT2D eigenvalue weighted by atomic mass is 79.9. The molecule has 0 saturated carbocycles. The van der Waals surface area contributed by atoms with Crippen LogP contribution in [0.3, 0.4) is 0 Å². The van der Waals surface area contributed by atoms with Gasteiger partial charge >= 0.3 is 0 Å². The van der Waals surface area contributed by atoms with Crippen molar-refractivity contribution in [2.45, 2.75) is 31.9 Å². The Morgan fingerprint density at radius 2 is 2.40 bits per heavy atom. The molecule has 110 valence electrons. The molecule has 1 aliphatic rings. The van der Waals surface area contributed by atoms with Crippen LogP contribution in [0.25, 0.3) is 0 Å². The zero-order valence-corrected chi connectivity index (χ0v) is 13.3. The monoisotopic (exact) mass is 340 g/mol. The number of ether oxygens (including phenoxy) is 1. The molecule has 1 aromatic rings. The minimum Gasteiger partial charge on any atom is -0.370 e. The van der Waals surface area contributed by atoms with Gasteiger partial charge in [-0.15, -0.1) is 0 Å². The fourth-order valence-electron chi connectivity index (χ4n) is 2.29. The zero-order chi connectivity index (χ0) is 14.5. The van der Waals surface area contributed by atoms with Gasteiger partial charge in [0, 0.05) is 23.5 Å². The smallest absolute Gasteiger partial charge is 0.222 e. The van der Waals surface area contributed by atoms with Crippen LogP contribution in [0.1, 0.15) is 31.4 Å². The van der Waals surface area contributed by atoms with Crippen LogP contribution in [0.15, 0.2) is 28.7 Å². The molecule has 2 N–H and O–H groups in total. The maximum Gasteiger partial charge on any atom is 0.222 e. The molecule has 1 amide bonds. The number of nitrogens with two attached hydrogens (primary N) is 1. The van der Waals surface area contributed by atoms with Crippen molar-refractivity contribution >= 4 is 21.8 Å². The van der Waals surface area contributed by atoms with E-state index >= 15 is 0 Å². The van der Waals surface area contributed by atoms with Crippen molar-refractivity contribution in [3.63, 3.8) is 0 Å². The van der Waals surface area contributed by atoms with Gasteiger partial charge in [0.15, 0.2) is 0 Å². The number of morpholine rings is 1. The summed E-state index contributed by atoms with van der Waals surface area (Å²) in [5, 5.41) is 0. The molecule has 1 saturated heterocycles. The van der Waals surface area contributed by atoms with Gasteiger partial charge in [0.05, 0.1) is 13.2 Å². The third-order valence-electron chi connectivity index (χ3n) is 3.45. The third kappa shape index (κ3) is 4.30. The molecule has 0 bridgehead atoms. The standard InChI is InChI=1S/C15H21BrN2O2/c1-11(17)5-6-15(19)18-7-8-20-14(10-18)12-3-2-4-13(16)9-12/h2-4,9,11,14H,5-8,10,17H2,1H3. The van der Waals surface area contributed by atoms with E-state index in [1.807, 2.05) is 36.1 Å². The van der Waals surface area contributed by atoms with Crippen molar-refractivity contribution < 1.29 is 9.53 Å². The van der Waals surface area contributed by atoms with E-state index in [9.17, 15) is 4.79 Å². The van der Waals surface area contributed by atoms with Crippen molar-refractivity contribution in [3.05, 3.63) is 34.3 Å². The zero-order valence-electron chi connectivity index (χ0n) is 11.7. The lowest BCUT2D eigenvalue weighted by atomic mass is 10.1. The first-order valence-electron chi connectivity index (χ1n) is 6.96. The second kappa shape index (κ2) is 7.20. The molecule has 2 rings (SSSR count). The van der Waals surface area contributed by atoms with Crippen LogP contribution < -0.4 is 5.73 Å². The second-order valence-electron chi connectivity index (χ2n) is 5.27. The predicted octanol–water partition coefficient (Wildman–Crippen LogP) is 2.48. The number of halogens is 1. The molecule has 0 aromatic heterocycles. The minimum atomic E-state index is -0.0412. The molecule has 1 heterocycles. The van der Waals surface area contributed by atoms with Crippen molar-refractivity contribution in [1.82, 2.24) is 4.90 Å². The molecule has 0 radical (unpaired) electrons. The fourth-order valence-corrected chi connectivity index (χ4v) is 2.71. The lowest BCUT2D eigenvalue weighted by molar-refractivity contribution is -0.139. The molecule has 2 unspecified atom stereocenters. The molecular formula is C15H21BrN2O2. The summed E-state index contributed by atoms with van der Waals surface area (Å²) in [5.74, 6) is 0.172. The lowest BCUT2D eigenvalue weighted by Gasteiger charge is -2.33. The quantitative estimate of drug-likeness (QED) is 0.915. The van der Waals surface area contributed by atoms with Gasteiger partial charge in [-0.1, -0.05) is 28.1 Å². The molecular weight excluding hydrogens is 320 g/mol. The molecule has 0 aliphatic carbocycles. The summed E-state index contributed by atoms with van der Waals surface area (Å²) in [6, 6.07) is 8.12. The number of hydrogen-bond donors (Lipinski definition) is 1. The highest BCUT2D eigenvalue weighted by molar-refractivity contribution is 9.10. The Morgan fingerprint density at radius 1 is 1.60 bits per heavy atom. The van der Waals surface area contributed by atoms with Crippen molar-refractivity contribution in [1.29, 1.82) is 0 Å². The SMILES string of the molecule is CC(N)CCC(=O)N1CCOC(c2cccc(Br)c2)C1. The Bertz CT molecular complexity index is 465. The van der Waals surface area contributed by atoms with Crippen LogP contribution >= 0.6 is 15.9 Å². The largest absolute Gasteiger partial charge is 0.370 e.